The summed E-state index contributed by atoms with van der Waals surface area (Å²) in [5.41, 5.74) is 1.88. The summed E-state index contributed by atoms with van der Waals surface area (Å²) < 4.78 is 17.9. The van der Waals surface area contributed by atoms with Crippen molar-refractivity contribution in [2.45, 2.75) is 39.5 Å². The average molecular weight is 625 g/mol. The van der Waals surface area contributed by atoms with Crippen LogP contribution in [-0.2, 0) is 20.7 Å². The van der Waals surface area contributed by atoms with Gasteiger partial charge in [-0.3, -0.25) is 9.59 Å². The number of carbonyl (C=O) groups is 3. The Bertz CT molecular complexity index is 1520. The molecular weight excluding hydrogens is 588 g/mol. The van der Waals surface area contributed by atoms with Crippen LogP contribution in [0.5, 0.6) is 11.5 Å². The van der Waals surface area contributed by atoms with Gasteiger partial charge in [-0.2, -0.15) is 0 Å². The third-order valence-electron chi connectivity index (χ3n) is 7.56. The van der Waals surface area contributed by atoms with Gasteiger partial charge in [-0.1, -0.05) is 49.7 Å². The Kier molecular flexibility index (Phi) is 10.2. The Morgan fingerprint density at radius 2 is 1.75 bits per heavy atom. The number of aliphatic hydroxyl groups excluding tert-OH is 1. The highest BCUT2D eigenvalue weighted by molar-refractivity contribution is 6.30. The van der Waals surface area contributed by atoms with E-state index in [1.165, 1.54) is 43.1 Å². The van der Waals surface area contributed by atoms with Gasteiger partial charge < -0.3 is 34.2 Å². The molecule has 234 valence electrons. The third kappa shape index (κ3) is 6.99. The van der Waals surface area contributed by atoms with Crippen LogP contribution in [0.2, 0.25) is 5.02 Å². The number of ether oxygens (including phenoxy) is 3. The van der Waals surface area contributed by atoms with Gasteiger partial charge in [0.05, 0.1) is 25.5 Å². The van der Waals surface area contributed by atoms with Gasteiger partial charge in [-0.05, 0) is 48.4 Å². The van der Waals surface area contributed by atoms with E-state index in [2.05, 4.69) is 0 Å². The number of benzene rings is 3. The van der Waals surface area contributed by atoms with Gasteiger partial charge in [0.1, 0.15) is 6.10 Å². The zero-order chi connectivity index (χ0) is 32.2. The molecule has 4 rings (SSSR count). The maximum atomic E-state index is 14.5. The predicted octanol–water partition coefficient (Wildman–Crippen LogP) is 4.94. The molecule has 2 atom stereocenters. The number of aromatic carboxylic acids is 1. The molecule has 1 aliphatic rings. The second-order valence-corrected chi connectivity index (χ2v) is 11.8. The van der Waals surface area contributed by atoms with Crippen molar-refractivity contribution < 1.29 is 38.8 Å². The highest BCUT2D eigenvalue weighted by Gasteiger charge is 2.43. The molecule has 0 bridgehead atoms. The van der Waals surface area contributed by atoms with E-state index in [4.69, 9.17) is 25.8 Å². The van der Waals surface area contributed by atoms with Crippen molar-refractivity contribution in [1.29, 1.82) is 0 Å². The Morgan fingerprint density at radius 3 is 2.34 bits per heavy atom. The molecule has 44 heavy (non-hydrogen) atoms. The van der Waals surface area contributed by atoms with Crippen molar-refractivity contribution in [2.75, 3.05) is 38.8 Å². The molecule has 2 N–H and O–H groups in total. The van der Waals surface area contributed by atoms with E-state index in [1.807, 2.05) is 13.8 Å². The number of nitrogens with zero attached hydrogens (tertiary/aromatic N) is 2. The van der Waals surface area contributed by atoms with Gasteiger partial charge in [0.15, 0.2) is 11.5 Å². The van der Waals surface area contributed by atoms with Crippen LogP contribution in [0.25, 0.3) is 0 Å². The number of aliphatic hydroxyl groups is 1. The first-order valence-electron chi connectivity index (χ1n) is 14.1. The molecule has 1 heterocycles. The number of para-hydroxylation sites is 1. The Balaban J connectivity index is 1.86. The number of carbonyl (C=O) groups excluding carboxylic acids is 2. The van der Waals surface area contributed by atoms with E-state index >= 15 is 0 Å². The SMILES string of the molecule is COc1cccc([C@H]2O[C@@H](N(CCc3ccc(C(=O)O)cc3)C(C)=O)C(=O)N(CC(C)(C)CO)c3ccc(Cl)cc32)c1OC. The molecule has 3 aromatic carbocycles. The highest BCUT2D eigenvalue weighted by atomic mass is 35.5. The Morgan fingerprint density at radius 1 is 1.05 bits per heavy atom. The molecule has 0 saturated carbocycles. The summed E-state index contributed by atoms with van der Waals surface area (Å²) in [6, 6.07) is 16.8. The normalized spacial score (nSPS) is 16.6. The van der Waals surface area contributed by atoms with Crippen LogP contribution in [0.15, 0.2) is 60.7 Å². The maximum Gasteiger partial charge on any atom is 0.335 e. The van der Waals surface area contributed by atoms with E-state index < -0.39 is 35.5 Å². The first kappa shape index (κ1) is 32.8. The summed E-state index contributed by atoms with van der Waals surface area (Å²) >= 11 is 6.50. The van der Waals surface area contributed by atoms with Crippen LogP contribution in [0.1, 0.15) is 53.9 Å². The fourth-order valence-corrected chi connectivity index (χ4v) is 5.38. The van der Waals surface area contributed by atoms with Gasteiger partial charge in [-0.15, -0.1) is 0 Å². The van der Waals surface area contributed by atoms with Gasteiger partial charge >= 0.3 is 5.97 Å². The molecule has 0 radical (unpaired) electrons. The van der Waals surface area contributed by atoms with E-state index in [1.54, 1.807) is 48.5 Å². The van der Waals surface area contributed by atoms with E-state index in [9.17, 15) is 24.6 Å². The zero-order valence-electron chi connectivity index (χ0n) is 25.4. The summed E-state index contributed by atoms with van der Waals surface area (Å²) in [7, 11) is 3.03. The lowest BCUT2D eigenvalue weighted by molar-refractivity contribution is -0.161. The predicted molar refractivity (Wildman–Crippen MR) is 165 cm³/mol. The molecular formula is C33H37ClN2O8. The molecule has 0 saturated heterocycles. The molecule has 2 amide bonds. The minimum Gasteiger partial charge on any atom is -0.493 e. The number of amides is 2. The molecule has 0 unspecified atom stereocenters. The van der Waals surface area contributed by atoms with E-state index in [0.717, 1.165) is 5.56 Å². The molecule has 0 aliphatic carbocycles. The van der Waals surface area contributed by atoms with Gasteiger partial charge in [0, 0.05) is 48.2 Å². The molecule has 1 aliphatic heterocycles. The van der Waals surface area contributed by atoms with Crippen LogP contribution in [0.4, 0.5) is 5.69 Å². The first-order valence-corrected chi connectivity index (χ1v) is 14.5. The fraction of sp³-hybridized carbons (Fsp3) is 0.364. The monoisotopic (exact) mass is 624 g/mol. The number of hydrogen-bond acceptors (Lipinski definition) is 7. The van der Waals surface area contributed by atoms with Crippen LogP contribution >= 0.6 is 11.6 Å². The van der Waals surface area contributed by atoms with Crippen molar-refractivity contribution in [3.8, 4) is 11.5 Å². The minimum atomic E-state index is -1.37. The quantitative estimate of drug-likeness (QED) is 0.307. The highest BCUT2D eigenvalue weighted by Crippen LogP contribution is 2.45. The van der Waals surface area contributed by atoms with E-state index in [0.29, 0.717) is 39.8 Å². The number of rotatable bonds is 11. The summed E-state index contributed by atoms with van der Waals surface area (Å²) in [6.45, 7) is 5.07. The smallest absolute Gasteiger partial charge is 0.335 e. The second-order valence-electron chi connectivity index (χ2n) is 11.4. The van der Waals surface area contributed by atoms with Gasteiger partial charge in [0.2, 0.25) is 12.1 Å². The lowest BCUT2D eigenvalue weighted by Crippen LogP contribution is -2.53. The molecule has 11 heteroatoms. The Labute approximate surface area is 261 Å². The number of anilines is 1. The standard InChI is InChI=1S/C33H37ClN2O8/c1-20(38)35(16-15-21-9-11-22(12-10-21)32(40)41)31-30(39)36(18-33(2,3)19-37)26-14-13-23(34)17-25(26)28(44-31)24-7-6-8-27(42-4)29(24)43-5/h6-14,17,28,31,37H,15-16,18-19H2,1-5H3,(H,40,41)/t28-,31-/m1/s1. The average Bonchev–Trinajstić information content (AvgIpc) is 3.11. The van der Waals surface area contributed by atoms with Crippen LogP contribution in [-0.4, -0.2) is 73.0 Å². The van der Waals surface area contributed by atoms with Gasteiger partial charge in [0.25, 0.3) is 5.91 Å². The number of carboxylic acid groups (broad SMARTS) is 1. The van der Waals surface area contributed by atoms with Crippen LogP contribution in [0, 0.1) is 5.41 Å². The minimum absolute atomic E-state index is 0.106. The number of methoxy groups -OCH3 is 2. The molecule has 0 spiro atoms. The first-order chi connectivity index (χ1) is 20.9. The van der Waals surface area contributed by atoms with Crippen molar-refractivity contribution >= 4 is 35.1 Å². The maximum absolute atomic E-state index is 14.5. The summed E-state index contributed by atoms with van der Waals surface area (Å²) in [6.07, 6.45) is -1.95. The molecule has 3 aromatic rings. The second kappa shape index (κ2) is 13.7. The third-order valence-corrected chi connectivity index (χ3v) is 7.80. The fourth-order valence-electron chi connectivity index (χ4n) is 5.20. The molecule has 10 nitrogen and oxygen atoms in total. The summed E-state index contributed by atoms with van der Waals surface area (Å²) in [5.74, 6) is -1.07. The van der Waals surface area contributed by atoms with Crippen molar-refractivity contribution in [2.24, 2.45) is 5.41 Å². The van der Waals surface area contributed by atoms with Gasteiger partial charge in [-0.25, -0.2) is 4.79 Å². The lowest BCUT2D eigenvalue weighted by Gasteiger charge is -2.35. The van der Waals surface area contributed by atoms with Crippen molar-refractivity contribution in [1.82, 2.24) is 4.90 Å². The number of carboxylic acids is 1. The zero-order valence-corrected chi connectivity index (χ0v) is 26.1. The van der Waals surface area contributed by atoms with Crippen LogP contribution < -0.4 is 14.4 Å². The number of halogens is 1. The summed E-state index contributed by atoms with van der Waals surface area (Å²) in [4.78, 5) is 41.9. The van der Waals surface area contributed by atoms with E-state index in [-0.39, 0.29) is 25.3 Å². The van der Waals surface area contributed by atoms with Crippen LogP contribution in [0.3, 0.4) is 0 Å². The topological polar surface area (TPSA) is 126 Å². The number of fused-ring (bicyclic) bond motifs is 1. The Hall–Kier alpha value is -4.12. The number of hydrogen-bond donors (Lipinski definition) is 2. The van der Waals surface area contributed by atoms with Crippen molar-refractivity contribution in [3.05, 3.63) is 87.9 Å². The molecule has 0 fully saturated rings. The lowest BCUT2D eigenvalue weighted by atomic mass is 9.92. The largest absolute Gasteiger partial charge is 0.493 e. The molecule has 0 aromatic heterocycles. The summed E-state index contributed by atoms with van der Waals surface area (Å²) in [5, 5.41) is 19.8. The van der Waals surface area contributed by atoms with Crippen molar-refractivity contribution in [3.63, 3.8) is 0 Å².